The van der Waals surface area contributed by atoms with Crippen LogP contribution in [0.1, 0.15) is 38.5 Å². The van der Waals surface area contributed by atoms with Crippen LogP contribution in [0, 0.1) is 5.92 Å². The molecule has 1 saturated carbocycles. The Bertz CT molecular complexity index is 895. The molecule has 0 radical (unpaired) electrons. The predicted octanol–water partition coefficient (Wildman–Crippen LogP) is 3.70. The van der Waals surface area contributed by atoms with Gasteiger partial charge in [-0.25, -0.2) is 9.97 Å². The molecule has 2 aromatic rings. The Labute approximate surface area is 183 Å². The van der Waals surface area contributed by atoms with E-state index in [4.69, 9.17) is 9.47 Å². The summed E-state index contributed by atoms with van der Waals surface area (Å²) in [5.41, 5.74) is 0.719. The van der Waals surface area contributed by atoms with Crippen LogP contribution < -0.4 is 25.0 Å². The third kappa shape index (κ3) is 5.77. The molecule has 166 valence electrons. The van der Waals surface area contributed by atoms with Gasteiger partial charge in [0.15, 0.2) is 11.5 Å². The minimum atomic E-state index is 0.0289. The molecule has 0 unspecified atom stereocenters. The second-order valence-corrected chi connectivity index (χ2v) is 8.27. The lowest BCUT2D eigenvalue weighted by molar-refractivity contribution is -0.116. The van der Waals surface area contributed by atoms with Crippen molar-refractivity contribution in [1.29, 1.82) is 0 Å². The molecule has 1 aromatic heterocycles. The van der Waals surface area contributed by atoms with Gasteiger partial charge < -0.3 is 25.0 Å². The van der Waals surface area contributed by atoms with Crippen molar-refractivity contribution in [2.75, 3.05) is 42.8 Å². The molecule has 31 heavy (non-hydrogen) atoms. The first kappa shape index (κ1) is 21.2. The maximum Gasteiger partial charge on any atom is 0.224 e. The number of ether oxygens (including phenoxy) is 2. The number of benzene rings is 1. The number of rotatable bonds is 9. The Balaban J connectivity index is 1.22. The highest BCUT2D eigenvalue weighted by Crippen LogP contribution is 2.30. The minimum absolute atomic E-state index is 0.0289. The first-order chi connectivity index (χ1) is 15.1. The Morgan fingerprint density at radius 2 is 1.84 bits per heavy atom. The van der Waals surface area contributed by atoms with E-state index in [0.717, 1.165) is 49.7 Å². The van der Waals surface area contributed by atoms with Crippen LogP contribution in [0.15, 0.2) is 30.6 Å². The van der Waals surface area contributed by atoms with Crippen molar-refractivity contribution in [2.24, 2.45) is 5.92 Å². The number of methoxy groups -OCH3 is 2. The van der Waals surface area contributed by atoms with E-state index in [0.29, 0.717) is 29.9 Å². The van der Waals surface area contributed by atoms with E-state index in [1.54, 1.807) is 32.7 Å². The van der Waals surface area contributed by atoms with Crippen molar-refractivity contribution in [3.63, 3.8) is 0 Å². The topological polar surface area (TPSA) is 88.6 Å². The Morgan fingerprint density at radius 3 is 2.55 bits per heavy atom. The van der Waals surface area contributed by atoms with Crippen LogP contribution >= 0.6 is 0 Å². The summed E-state index contributed by atoms with van der Waals surface area (Å²) in [5, 5.41) is 6.39. The Kier molecular flexibility index (Phi) is 6.74. The second kappa shape index (κ2) is 9.85. The zero-order valence-corrected chi connectivity index (χ0v) is 18.3. The number of amides is 1. The summed E-state index contributed by atoms with van der Waals surface area (Å²) < 4.78 is 10.5. The molecule has 8 heteroatoms. The maximum atomic E-state index is 12.4. The smallest absolute Gasteiger partial charge is 0.224 e. The molecule has 1 saturated heterocycles. The number of carbonyl (C=O) groups excluding carboxylic acids is 1. The van der Waals surface area contributed by atoms with E-state index < -0.39 is 0 Å². The average Bonchev–Trinajstić information content (AvgIpc) is 3.62. The van der Waals surface area contributed by atoms with Gasteiger partial charge in [-0.15, -0.1) is 0 Å². The fraction of sp³-hybridized carbons (Fsp3) is 0.522. The van der Waals surface area contributed by atoms with E-state index in [9.17, 15) is 4.79 Å². The second-order valence-electron chi connectivity index (χ2n) is 8.27. The predicted molar refractivity (Wildman–Crippen MR) is 121 cm³/mol. The van der Waals surface area contributed by atoms with E-state index >= 15 is 0 Å². The van der Waals surface area contributed by atoms with Gasteiger partial charge in [0.05, 0.1) is 14.2 Å². The number of hydrogen-bond acceptors (Lipinski definition) is 7. The fourth-order valence-electron chi connectivity index (χ4n) is 3.96. The van der Waals surface area contributed by atoms with Crippen molar-refractivity contribution >= 4 is 23.2 Å². The van der Waals surface area contributed by atoms with E-state index in [-0.39, 0.29) is 5.91 Å². The molecule has 2 heterocycles. The normalized spacial score (nSPS) is 16.6. The van der Waals surface area contributed by atoms with Gasteiger partial charge in [-0.3, -0.25) is 4.79 Å². The highest BCUT2D eigenvalue weighted by molar-refractivity contribution is 5.91. The number of nitrogens with zero attached hydrogens (tertiary/aromatic N) is 3. The monoisotopic (exact) mass is 425 g/mol. The lowest BCUT2D eigenvalue weighted by atomic mass is 9.92. The van der Waals surface area contributed by atoms with Crippen LogP contribution in [0.4, 0.5) is 17.3 Å². The maximum absolute atomic E-state index is 12.4. The summed E-state index contributed by atoms with van der Waals surface area (Å²) >= 11 is 0. The molecule has 1 aliphatic carbocycles. The largest absolute Gasteiger partial charge is 0.493 e. The molecule has 4 rings (SSSR count). The van der Waals surface area contributed by atoms with Gasteiger partial charge >= 0.3 is 0 Å². The fourth-order valence-corrected chi connectivity index (χ4v) is 3.96. The highest BCUT2D eigenvalue weighted by Gasteiger charge is 2.23. The first-order valence-corrected chi connectivity index (χ1v) is 11.0. The van der Waals surface area contributed by atoms with Crippen LogP contribution in [0.3, 0.4) is 0 Å². The quantitative estimate of drug-likeness (QED) is 0.633. The van der Waals surface area contributed by atoms with Gasteiger partial charge in [0, 0.05) is 43.4 Å². The van der Waals surface area contributed by atoms with Gasteiger partial charge in [0.1, 0.15) is 18.0 Å². The molecule has 2 N–H and O–H groups in total. The molecule has 1 amide bonds. The van der Waals surface area contributed by atoms with Crippen LogP contribution in [0.2, 0.25) is 0 Å². The summed E-state index contributed by atoms with van der Waals surface area (Å²) in [6.45, 7) is 1.92. The summed E-state index contributed by atoms with van der Waals surface area (Å²) in [6, 6.07) is 8.03. The van der Waals surface area contributed by atoms with E-state index in [2.05, 4.69) is 31.6 Å². The van der Waals surface area contributed by atoms with Gasteiger partial charge in [-0.1, -0.05) is 0 Å². The lowest BCUT2D eigenvalue weighted by Crippen LogP contribution is -2.34. The number of aromatic nitrogens is 2. The van der Waals surface area contributed by atoms with Crippen LogP contribution in [-0.2, 0) is 4.79 Å². The number of carbonyl (C=O) groups is 1. The first-order valence-electron chi connectivity index (χ1n) is 11.0. The number of anilines is 3. The molecule has 1 aliphatic heterocycles. The van der Waals surface area contributed by atoms with Crippen molar-refractivity contribution in [1.82, 2.24) is 9.97 Å². The van der Waals surface area contributed by atoms with Crippen LogP contribution in [-0.4, -0.2) is 49.2 Å². The van der Waals surface area contributed by atoms with Gasteiger partial charge in [-0.05, 0) is 50.2 Å². The highest BCUT2D eigenvalue weighted by atomic mass is 16.5. The molecule has 1 aromatic carbocycles. The van der Waals surface area contributed by atoms with E-state index in [1.165, 1.54) is 12.8 Å². The number of hydrogen-bond donors (Lipinski definition) is 2. The van der Waals surface area contributed by atoms with Crippen molar-refractivity contribution in [2.45, 2.75) is 44.6 Å². The van der Waals surface area contributed by atoms with Gasteiger partial charge in [0.25, 0.3) is 0 Å². The van der Waals surface area contributed by atoms with E-state index in [1.807, 2.05) is 6.07 Å². The SMILES string of the molecule is COc1ccc(NC(=O)CCC2CCN(c3cc(NC4CC4)ncn3)CC2)cc1OC. The molecule has 2 aliphatic rings. The molecular formula is C23H31N5O3. The minimum Gasteiger partial charge on any atom is -0.493 e. The third-order valence-electron chi connectivity index (χ3n) is 5.97. The zero-order chi connectivity index (χ0) is 21.6. The van der Waals surface area contributed by atoms with Crippen molar-refractivity contribution in [3.8, 4) is 11.5 Å². The van der Waals surface area contributed by atoms with Crippen LogP contribution in [0.5, 0.6) is 11.5 Å². The lowest BCUT2D eigenvalue weighted by Gasteiger charge is -2.32. The third-order valence-corrected chi connectivity index (χ3v) is 5.97. The standard InChI is InChI=1S/C23H31N5O3/c1-30-19-7-6-18(13-20(19)31-2)27-23(29)8-3-16-9-11-28(12-10-16)22-14-21(24-15-25-22)26-17-4-5-17/h6-7,13-17H,3-5,8-12H2,1-2H3,(H,27,29)(H,24,25,26). The van der Waals surface area contributed by atoms with Gasteiger partial charge in [0.2, 0.25) is 5.91 Å². The summed E-state index contributed by atoms with van der Waals surface area (Å²) in [6.07, 6.45) is 7.64. The zero-order valence-electron chi connectivity index (χ0n) is 18.3. The number of nitrogens with one attached hydrogen (secondary N) is 2. The summed E-state index contributed by atoms with van der Waals surface area (Å²) in [4.78, 5) is 23.5. The molecule has 0 bridgehead atoms. The average molecular weight is 426 g/mol. The number of piperidine rings is 1. The van der Waals surface area contributed by atoms with Crippen molar-refractivity contribution < 1.29 is 14.3 Å². The Hall–Kier alpha value is -3.03. The molecule has 8 nitrogen and oxygen atoms in total. The van der Waals surface area contributed by atoms with Crippen LogP contribution in [0.25, 0.3) is 0 Å². The molecule has 0 atom stereocenters. The summed E-state index contributed by atoms with van der Waals surface area (Å²) in [5.74, 6) is 3.74. The molecule has 0 spiro atoms. The summed E-state index contributed by atoms with van der Waals surface area (Å²) in [7, 11) is 3.18. The Morgan fingerprint density at radius 1 is 1.06 bits per heavy atom. The van der Waals surface area contributed by atoms with Gasteiger partial charge in [-0.2, -0.15) is 0 Å². The molecule has 2 fully saturated rings. The van der Waals surface area contributed by atoms with Crippen molar-refractivity contribution in [3.05, 3.63) is 30.6 Å². The molecular weight excluding hydrogens is 394 g/mol.